The molecule has 3 aromatic carbocycles. The van der Waals surface area contributed by atoms with Gasteiger partial charge in [-0.25, -0.2) is 21.9 Å². The van der Waals surface area contributed by atoms with Gasteiger partial charge >= 0.3 is 0 Å². The Morgan fingerprint density at radius 3 is 2.56 bits per heavy atom. The van der Waals surface area contributed by atoms with Gasteiger partial charge in [-0.1, -0.05) is 48.5 Å². The minimum Gasteiger partial charge on any atom is -0.492 e. The van der Waals surface area contributed by atoms with Crippen molar-refractivity contribution in [3.05, 3.63) is 120 Å². The van der Waals surface area contributed by atoms with E-state index in [1.807, 2.05) is 53.4 Å². The predicted molar refractivity (Wildman–Crippen MR) is 159 cm³/mol. The molecule has 8 nitrogen and oxygen atoms in total. The van der Waals surface area contributed by atoms with Crippen LogP contribution in [0.5, 0.6) is 5.75 Å². The smallest absolute Gasteiger partial charge is 0.264 e. The maximum Gasteiger partial charge on any atom is 0.264 e. The maximum atomic E-state index is 13.5. The quantitative estimate of drug-likeness (QED) is 0.249. The first-order chi connectivity index (χ1) is 20.8. The maximum absolute atomic E-state index is 13.5. The number of nitrogens with zero attached hydrogens (tertiary/aromatic N) is 3. The highest BCUT2D eigenvalue weighted by atomic mass is 32.2. The van der Waals surface area contributed by atoms with E-state index in [0.29, 0.717) is 37.6 Å². The molecular weight excluding hydrogens is 574 g/mol. The van der Waals surface area contributed by atoms with E-state index >= 15 is 0 Å². The molecule has 1 aliphatic rings. The molecule has 1 aromatic heterocycles. The first kappa shape index (κ1) is 30.1. The number of amides is 1. The van der Waals surface area contributed by atoms with E-state index in [1.165, 1.54) is 11.1 Å². The Morgan fingerprint density at radius 1 is 1.00 bits per heavy atom. The predicted octanol–water partition coefficient (Wildman–Crippen LogP) is 4.82. The molecule has 224 valence electrons. The molecule has 0 fully saturated rings. The molecule has 1 aliphatic heterocycles. The number of sulfonamides is 1. The zero-order chi connectivity index (χ0) is 30.2. The summed E-state index contributed by atoms with van der Waals surface area (Å²) in [6, 6.07) is 20.0. The molecule has 5 rings (SSSR count). The van der Waals surface area contributed by atoms with Gasteiger partial charge in [0.15, 0.2) is 11.6 Å². The van der Waals surface area contributed by atoms with Crippen molar-refractivity contribution in [1.82, 2.24) is 19.4 Å². The second-order valence-corrected chi connectivity index (χ2v) is 11.9. The van der Waals surface area contributed by atoms with Gasteiger partial charge in [-0.3, -0.25) is 14.4 Å². The molecule has 43 heavy (non-hydrogen) atoms. The lowest BCUT2D eigenvalue weighted by Gasteiger charge is -2.26. The van der Waals surface area contributed by atoms with Gasteiger partial charge in [0, 0.05) is 38.4 Å². The zero-order valence-corrected chi connectivity index (χ0v) is 24.3. The fraction of sp³-hybridized carbons (Fsp3) is 0.250. The fourth-order valence-electron chi connectivity index (χ4n) is 4.88. The van der Waals surface area contributed by atoms with Gasteiger partial charge in [0.1, 0.15) is 12.4 Å². The zero-order valence-electron chi connectivity index (χ0n) is 23.5. The molecule has 0 saturated heterocycles. The molecule has 0 saturated carbocycles. The van der Waals surface area contributed by atoms with Crippen LogP contribution in [0.3, 0.4) is 0 Å². The first-order valence-corrected chi connectivity index (χ1v) is 15.4. The van der Waals surface area contributed by atoms with E-state index in [1.54, 1.807) is 10.9 Å². The van der Waals surface area contributed by atoms with Gasteiger partial charge < -0.3 is 4.74 Å². The van der Waals surface area contributed by atoms with Crippen LogP contribution in [0.4, 0.5) is 8.78 Å². The summed E-state index contributed by atoms with van der Waals surface area (Å²) in [5, 5.41) is 4.25. The molecule has 1 amide bonds. The second-order valence-electron chi connectivity index (χ2n) is 10.2. The second kappa shape index (κ2) is 13.7. The van der Waals surface area contributed by atoms with Crippen molar-refractivity contribution in [2.45, 2.75) is 30.7 Å². The third-order valence-corrected chi connectivity index (χ3v) is 8.58. The number of aryl methyl sites for hydroxylation is 1. The number of hydrogen-bond donors (Lipinski definition) is 1. The molecular formula is C32H32F2N4O4S. The number of carbonyl (C=O) groups is 1. The van der Waals surface area contributed by atoms with Gasteiger partial charge in [0.05, 0.1) is 11.4 Å². The summed E-state index contributed by atoms with van der Waals surface area (Å²) in [7, 11) is -4.35. The van der Waals surface area contributed by atoms with E-state index < -0.39 is 32.5 Å². The Bertz CT molecular complexity index is 1690. The van der Waals surface area contributed by atoms with E-state index in [-0.39, 0.29) is 12.8 Å². The van der Waals surface area contributed by atoms with E-state index in [0.717, 1.165) is 36.7 Å². The lowest BCUT2D eigenvalue weighted by atomic mass is 10.00. The number of halogens is 2. The molecule has 4 aromatic rings. The summed E-state index contributed by atoms with van der Waals surface area (Å²) in [6.07, 6.45) is 6.83. The average molecular weight is 607 g/mol. The summed E-state index contributed by atoms with van der Waals surface area (Å²) in [6.45, 7) is 3.43. The van der Waals surface area contributed by atoms with Crippen molar-refractivity contribution in [2.75, 3.05) is 26.2 Å². The van der Waals surface area contributed by atoms with Crippen LogP contribution < -0.4 is 9.46 Å². The van der Waals surface area contributed by atoms with Crippen molar-refractivity contribution in [1.29, 1.82) is 0 Å². The van der Waals surface area contributed by atoms with Crippen LogP contribution in [0.2, 0.25) is 0 Å². The van der Waals surface area contributed by atoms with Gasteiger partial charge in [-0.2, -0.15) is 5.10 Å². The Labute approximate surface area is 249 Å². The van der Waals surface area contributed by atoms with Gasteiger partial charge in [0.25, 0.3) is 10.0 Å². The minimum absolute atomic E-state index is 0.156. The molecule has 1 N–H and O–H groups in total. The third kappa shape index (κ3) is 8.14. The third-order valence-electron chi connectivity index (χ3n) is 7.21. The first-order valence-electron chi connectivity index (χ1n) is 14.0. The number of ether oxygens (including phenoxy) is 1. The molecule has 0 radical (unpaired) electrons. The number of nitrogens with one attached hydrogen (secondary N) is 1. The van der Waals surface area contributed by atoms with Crippen LogP contribution in [0.15, 0.2) is 96.2 Å². The summed E-state index contributed by atoms with van der Waals surface area (Å²) in [4.78, 5) is 14.4. The van der Waals surface area contributed by atoms with Crippen molar-refractivity contribution in [2.24, 2.45) is 0 Å². The molecule has 0 bridgehead atoms. The van der Waals surface area contributed by atoms with Gasteiger partial charge in [-0.05, 0) is 65.4 Å². The summed E-state index contributed by atoms with van der Waals surface area (Å²) in [5.41, 5.74) is 4.30. The molecule has 0 spiro atoms. The fourth-order valence-corrected chi connectivity index (χ4v) is 5.91. The minimum atomic E-state index is -4.35. The largest absolute Gasteiger partial charge is 0.492 e. The summed E-state index contributed by atoms with van der Waals surface area (Å²) >= 11 is 0. The lowest BCUT2D eigenvalue weighted by molar-refractivity contribution is -0.119. The Hall–Kier alpha value is -4.35. The van der Waals surface area contributed by atoms with Crippen molar-refractivity contribution in [3.63, 3.8) is 0 Å². The van der Waals surface area contributed by atoms with E-state index in [4.69, 9.17) is 4.74 Å². The average Bonchev–Trinajstić information content (AvgIpc) is 3.52. The highest BCUT2D eigenvalue weighted by Gasteiger charge is 2.20. The molecule has 11 heteroatoms. The van der Waals surface area contributed by atoms with Crippen molar-refractivity contribution in [3.8, 4) is 5.75 Å². The topological polar surface area (TPSA) is 93.5 Å². The van der Waals surface area contributed by atoms with Crippen molar-refractivity contribution < 1.29 is 26.7 Å². The normalized spacial score (nSPS) is 13.9. The van der Waals surface area contributed by atoms with Crippen molar-refractivity contribution >= 4 is 21.5 Å². The summed E-state index contributed by atoms with van der Waals surface area (Å²) < 4.78 is 61.7. The van der Waals surface area contributed by atoms with Crippen LogP contribution in [-0.2, 0) is 27.8 Å². The Kier molecular flexibility index (Phi) is 9.63. The Morgan fingerprint density at radius 2 is 1.84 bits per heavy atom. The number of aromatic nitrogens is 2. The summed E-state index contributed by atoms with van der Waals surface area (Å²) in [5.74, 6) is -2.66. The van der Waals surface area contributed by atoms with Gasteiger partial charge in [0.2, 0.25) is 5.91 Å². The number of carbonyl (C=O) groups excluding carboxylic acids is 1. The number of rotatable bonds is 12. The van der Waals surface area contributed by atoms with Crippen LogP contribution in [0.1, 0.15) is 29.5 Å². The van der Waals surface area contributed by atoms with E-state index in [2.05, 4.69) is 28.2 Å². The highest BCUT2D eigenvalue weighted by Crippen LogP contribution is 2.25. The van der Waals surface area contributed by atoms with E-state index in [9.17, 15) is 22.0 Å². The molecule has 2 heterocycles. The monoisotopic (exact) mass is 606 g/mol. The highest BCUT2D eigenvalue weighted by molar-refractivity contribution is 7.90. The number of benzene rings is 3. The Balaban J connectivity index is 1.21. The lowest BCUT2D eigenvalue weighted by Crippen LogP contribution is -2.32. The molecule has 0 atom stereocenters. The van der Waals surface area contributed by atoms with Gasteiger partial charge in [-0.15, -0.1) is 0 Å². The van der Waals surface area contributed by atoms with Crippen LogP contribution in [0, 0.1) is 11.6 Å². The molecule has 0 unspecified atom stereocenters. The van der Waals surface area contributed by atoms with Crippen LogP contribution in [0.25, 0.3) is 5.57 Å². The standard InChI is InChI=1S/C32H32F2N4O4S/c33-29-11-10-28(22-30(29)34)43(40,41)36-32(39)12-9-27-8-7-24(23-38-16-4-15-35-38)21-31(27)42-20-19-37-17-13-26(14-18-37)25-5-2-1-3-6-25/h1-8,10-11,13,15-16,21-22H,9,12,14,17-20,23H2,(H,36,39). The number of hydrogen-bond acceptors (Lipinski definition) is 6. The van der Waals surface area contributed by atoms with Crippen LogP contribution in [-0.4, -0.2) is 55.2 Å². The van der Waals surface area contributed by atoms with Crippen LogP contribution >= 0.6 is 0 Å². The molecule has 0 aliphatic carbocycles. The SMILES string of the molecule is O=C(CCc1ccc(Cn2cccn2)cc1OCCN1CC=C(c2ccccc2)CC1)NS(=O)(=O)c1ccc(F)c(F)c1.